The van der Waals surface area contributed by atoms with E-state index in [4.69, 9.17) is 19.7 Å². The fraction of sp³-hybridized carbons (Fsp3) is 0.333. The van der Waals surface area contributed by atoms with Gasteiger partial charge in [0.25, 0.3) is 0 Å². The lowest BCUT2D eigenvalue weighted by Crippen LogP contribution is -2.21. The largest absolute Gasteiger partial charge is 0.490 e. The summed E-state index contributed by atoms with van der Waals surface area (Å²) in [5.74, 6) is 1.64. The average molecular weight is 586 g/mol. The average Bonchev–Trinajstić information content (AvgIpc) is 3.40. The number of amides is 2. The van der Waals surface area contributed by atoms with Gasteiger partial charge in [0.05, 0.1) is 17.5 Å². The highest BCUT2D eigenvalue weighted by atomic mass is 16.5. The Hall–Kier alpha value is -4.86. The van der Waals surface area contributed by atoms with Crippen LogP contribution in [0.4, 0.5) is 16.3 Å². The molecular weight excluding hydrogens is 546 g/mol. The highest BCUT2D eigenvalue weighted by Gasteiger charge is 2.22. The van der Waals surface area contributed by atoms with E-state index in [1.165, 1.54) is 0 Å². The van der Waals surface area contributed by atoms with Crippen LogP contribution in [-0.4, -0.2) is 38.0 Å². The van der Waals surface area contributed by atoms with Crippen molar-refractivity contribution < 1.29 is 24.2 Å². The van der Waals surface area contributed by atoms with Gasteiger partial charge in [0.2, 0.25) is 0 Å². The van der Waals surface area contributed by atoms with E-state index in [0.29, 0.717) is 35.2 Å². The van der Waals surface area contributed by atoms with Crippen LogP contribution >= 0.6 is 0 Å². The summed E-state index contributed by atoms with van der Waals surface area (Å²) in [6.45, 7) is 8.28. The molecule has 3 N–H and O–H groups in total. The lowest BCUT2D eigenvalue weighted by Gasteiger charge is -2.19. The summed E-state index contributed by atoms with van der Waals surface area (Å²) in [6, 6.07) is 19.5. The molecule has 0 radical (unpaired) electrons. The van der Waals surface area contributed by atoms with Crippen molar-refractivity contribution in [1.82, 2.24) is 14.8 Å². The zero-order valence-corrected chi connectivity index (χ0v) is 25.0. The highest BCUT2D eigenvalue weighted by molar-refractivity contribution is 5.99. The molecule has 10 nitrogen and oxygen atoms in total. The number of carboxylic acid groups (broad SMARTS) is 1. The number of hydrogen-bond acceptors (Lipinski definition) is 6. The highest BCUT2D eigenvalue weighted by Crippen LogP contribution is 2.28. The van der Waals surface area contributed by atoms with Gasteiger partial charge in [0, 0.05) is 36.0 Å². The number of anilines is 2. The van der Waals surface area contributed by atoms with Crippen LogP contribution in [0.5, 0.6) is 17.2 Å². The number of nitrogens with one attached hydrogen (secondary N) is 2. The topological polar surface area (TPSA) is 128 Å². The number of ether oxygens (including phenoxy) is 2. The van der Waals surface area contributed by atoms with E-state index in [1.807, 2.05) is 30.3 Å². The molecule has 4 rings (SSSR count). The first-order valence-electron chi connectivity index (χ1n) is 14.5. The normalized spacial score (nSPS) is 11.9. The molecule has 226 valence electrons. The van der Waals surface area contributed by atoms with Crippen LogP contribution in [0.2, 0.25) is 0 Å². The third-order valence-corrected chi connectivity index (χ3v) is 6.66. The molecule has 0 aliphatic heterocycles. The van der Waals surface area contributed by atoms with Crippen LogP contribution in [0, 0.1) is 0 Å². The van der Waals surface area contributed by atoms with Crippen LogP contribution in [-0.2, 0) is 10.2 Å². The van der Waals surface area contributed by atoms with Crippen molar-refractivity contribution in [2.45, 2.75) is 71.3 Å². The first-order chi connectivity index (χ1) is 20.6. The summed E-state index contributed by atoms with van der Waals surface area (Å²) < 4.78 is 13.6. The number of benzene rings is 2. The molecule has 0 saturated carbocycles. The molecule has 4 aromatic rings. The van der Waals surface area contributed by atoms with Crippen molar-refractivity contribution in [2.75, 3.05) is 10.6 Å². The second-order valence-corrected chi connectivity index (χ2v) is 11.3. The van der Waals surface area contributed by atoms with Gasteiger partial charge < -0.3 is 19.9 Å². The van der Waals surface area contributed by atoms with E-state index < -0.39 is 12.0 Å². The molecule has 0 aliphatic carbocycles. The molecule has 0 bridgehead atoms. The fourth-order valence-electron chi connectivity index (χ4n) is 4.30. The van der Waals surface area contributed by atoms with Crippen LogP contribution in [0.15, 0.2) is 79.1 Å². The number of nitrogens with zero attached hydrogens (tertiary/aromatic N) is 3. The summed E-state index contributed by atoms with van der Waals surface area (Å²) in [6.07, 6.45) is 6.43. The minimum absolute atomic E-state index is 0.0654. The third-order valence-electron chi connectivity index (χ3n) is 6.66. The summed E-state index contributed by atoms with van der Waals surface area (Å²) >= 11 is 0. The van der Waals surface area contributed by atoms with Gasteiger partial charge in [0.1, 0.15) is 23.1 Å². The van der Waals surface area contributed by atoms with Gasteiger partial charge >= 0.3 is 12.0 Å². The summed E-state index contributed by atoms with van der Waals surface area (Å²) in [4.78, 5) is 28.1. The Balaban J connectivity index is 1.46. The molecule has 10 heteroatoms. The minimum atomic E-state index is -0.829. The van der Waals surface area contributed by atoms with Crippen LogP contribution < -0.4 is 20.1 Å². The molecule has 0 spiro atoms. The SMILES string of the molecule is CCCCC(CCC(=O)O)Oc1ccc(-n2nc(C(C)(C)C)cc2NC(=O)Nc2ccc(Oc3ccncc3)cc2)cc1. The van der Waals surface area contributed by atoms with Gasteiger partial charge in [-0.1, -0.05) is 40.5 Å². The standard InChI is InChI=1S/C33H39N5O5/c1-5-6-7-25(16-17-31(39)40)42-27-14-10-24(11-15-27)38-30(22-29(37-38)33(2,3)4)36-32(41)35-23-8-12-26(13-9-23)43-28-18-20-34-21-19-28/h8-15,18-22,25H,5-7,16-17H2,1-4H3,(H,39,40)(H2,35,36,41). The molecule has 0 aliphatic rings. The number of rotatable bonds is 13. The van der Waals surface area contributed by atoms with E-state index in [0.717, 1.165) is 30.6 Å². The van der Waals surface area contributed by atoms with Crippen LogP contribution in [0.25, 0.3) is 5.69 Å². The predicted octanol–water partition coefficient (Wildman–Crippen LogP) is 7.80. The third kappa shape index (κ3) is 9.32. The molecule has 1 unspecified atom stereocenters. The number of carbonyl (C=O) groups excluding carboxylic acids is 1. The number of aromatic nitrogens is 3. The quantitative estimate of drug-likeness (QED) is 0.146. The Kier molecular flexibility index (Phi) is 10.4. The molecule has 1 atom stereocenters. The van der Waals surface area contributed by atoms with Gasteiger partial charge in [-0.25, -0.2) is 9.48 Å². The number of aliphatic carboxylic acids is 1. The monoisotopic (exact) mass is 585 g/mol. The Bertz CT molecular complexity index is 1480. The van der Waals surface area contributed by atoms with E-state index in [9.17, 15) is 9.59 Å². The van der Waals surface area contributed by atoms with E-state index >= 15 is 0 Å². The summed E-state index contributed by atoms with van der Waals surface area (Å²) in [5.41, 5.74) is 1.91. The Labute approximate surface area is 252 Å². The number of unbranched alkanes of at least 4 members (excludes halogenated alkanes) is 1. The van der Waals surface area contributed by atoms with Gasteiger partial charge in [0.15, 0.2) is 0 Å². The number of carboxylic acids is 1. The van der Waals surface area contributed by atoms with E-state index in [-0.39, 0.29) is 17.9 Å². The van der Waals surface area contributed by atoms with Gasteiger partial charge in [-0.2, -0.15) is 5.10 Å². The maximum Gasteiger partial charge on any atom is 0.324 e. The van der Waals surface area contributed by atoms with Gasteiger partial charge in [-0.3, -0.25) is 15.1 Å². The lowest BCUT2D eigenvalue weighted by atomic mass is 9.92. The molecule has 0 saturated heterocycles. The number of pyridine rings is 1. The van der Waals surface area contributed by atoms with Crippen molar-refractivity contribution in [1.29, 1.82) is 0 Å². The van der Waals surface area contributed by atoms with E-state index in [2.05, 4.69) is 43.3 Å². The molecular formula is C33H39N5O5. The van der Waals surface area contributed by atoms with Gasteiger partial charge in [-0.15, -0.1) is 0 Å². The number of carbonyl (C=O) groups is 2. The molecule has 2 aromatic heterocycles. The van der Waals surface area contributed by atoms with Crippen molar-refractivity contribution in [3.8, 4) is 22.9 Å². The first-order valence-corrected chi connectivity index (χ1v) is 14.5. The maximum atomic E-state index is 13.0. The Morgan fingerprint density at radius 3 is 2.19 bits per heavy atom. The predicted molar refractivity (Wildman–Crippen MR) is 166 cm³/mol. The second-order valence-electron chi connectivity index (χ2n) is 11.3. The zero-order valence-electron chi connectivity index (χ0n) is 25.0. The second kappa shape index (κ2) is 14.4. The zero-order chi connectivity index (χ0) is 30.8. The van der Waals surface area contributed by atoms with Crippen molar-refractivity contribution in [3.05, 3.63) is 84.8 Å². The molecule has 2 aromatic carbocycles. The van der Waals surface area contributed by atoms with E-state index in [1.54, 1.807) is 53.5 Å². The van der Waals surface area contributed by atoms with Gasteiger partial charge in [-0.05, 0) is 73.5 Å². The maximum absolute atomic E-state index is 13.0. The fourth-order valence-corrected chi connectivity index (χ4v) is 4.30. The van der Waals surface area contributed by atoms with Crippen molar-refractivity contribution in [3.63, 3.8) is 0 Å². The van der Waals surface area contributed by atoms with Crippen molar-refractivity contribution in [2.24, 2.45) is 0 Å². The summed E-state index contributed by atoms with van der Waals surface area (Å²) in [5, 5.41) is 19.7. The Morgan fingerprint density at radius 1 is 0.907 bits per heavy atom. The van der Waals surface area contributed by atoms with Crippen LogP contribution in [0.3, 0.4) is 0 Å². The molecule has 2 heterocycles. The minimum Gasteiger partial charge on any atom is -0.490 e. The molecule has 2 amide bonds. The van der Waals surface area contributed by atoms with Crippen LogP contribution in [0.1, 0.15) is 65.5 Å². The summed E-state index contributed by atoms with van der Waals surface area (Å²) in [7, 11) is 0. The molecule has 43 heavy (non-hydrogen) atoms. The molecule has 0 fully saturated rings. The smallest absolute Gasteiger partial charge is 0.324 e. The number of urea groups is 1. The first kappa shape index (κ1) is 31.1. The lowest BCUT2D eigenvalue weighted by molar-refractivity contribution is -0.137. The number of hydrogen-bond donors (Lipinski definition) is 3. The Morgan fingerprint density at radius 2 is 1.56 bits per heavy atom. The van der Waals surface area contributed by atoms with Crippen molar-refractivity contribution >= 4 is 23.5 Å².